The predicted molar refractivity (Wildman–Crippen MR) is 109 cm³/mol. The number of pyridine rings is 2. The minimum Gasteiger partial charge on any atom is -0.471 e. The van der Waals surface area contributed by atoms with E-state index in [0.717, 1.165) is 33.5 Å². The van der Waals surface area contributed by atoms with E-state index < -0.39 is 10.0 Å². The van der Waals surface area contributed by atoms with Crippen LogP contribution in [-0.4, -0.2) is 29.2 Å². The third kappa shape index (κ3) is 3.26. The number of nitrogens with one attached hydrogen (secondary N) is 1. The molecule has 1 N–H and O–H groups in total. The molecule has 146 valence electrons. The molecule has 1 aliphatic rings. The van der Waals surface area contributed by atoms with Gasteiger partial charge in [0.1, 0.15) is 17.0 Å². The van der Waals surface area contributed by atoms with Gasteiger partial charge in [-0.25, -0.2) is 13.4 Å². The van der Waals surface area contributed by atoms with E-state index >= 15 is 0 Å². The van der Waals surface area contributed by atoms with Gasteiger partial charge in [0, 0.05) is 30.2 Å². The molecule has 0 amide bonds. The SMILES string of the molecule is O=S(=O)(c1ccoc1)N1CCc2c(ccnc2Nc2cnc3ccccc3c2)C1. The molecule has 0 saturated carbocycles. The zero-order valence-corrected chi connectivity index (χ0v) is 16.3. The molecule has 1 aliphatic heterocycles. The van der Waals surface area contributed by atoms with Crippen molar-refractivity contribution in [1.29, 1.82) is 0 Å². The Morgan fingerprint density at radius 1 is 1.10 bits per heavy atom. The molecular weight excluding hydrogens is 388 g/mol. The largest absolute Gasteiger partial charge is 0.471 e. The van der Waals surface area contributed by atoms with E-state index in [1.807, 2.05) is 36.4 Å². The summed E-state index contributed by atoms with van der Waals surface area (Å²) in [6.45, 7) is 0.687. The number of furan rings is 1. The summed E-state index contributed by atoms with van der Waals surface area (Å²) in [6, 6.07) is 13.3. The lowest BCUT2D eigenvalue weighted by molar-refractivity contribution is 0.390. The highest BCUT2D eigenvalue weighted by Crippen LogP contribution is 2.30. The average molecular weight is 406 g/mol. The van der Waals surface area contributed by atoms with Crippen molar-refractivity contribution < 1.29 is 12.8 Å². The van der Waals surface area contributed by atoms with Crippen molar-refractivity contribution in [1.82, 2.24) is 14.3 Å². The number of hydrogen-bond acceptors (Lipinski definition) is 6. The van der Waals surface area contributed by atoms with Crippen LogP contribution in [0.15, 0.2) is 76.7 Å². The van der Waals surface area contributed by atoms with Gasteiger partial charge >= 0.3 is 0 Å². The average Bonchev–Trinajstić information content (AvgIpc) is 3.29. The smallest absolute Gasteiger partial charge is 0.246 e. The maximum absolute atomic E-state index is 12.8. The first-order valence-corrected chi connectivity index (χ1v) is 10.7. The molecule has 0 bridgehead atoms. The second-order valence-electron chi connectivity index (χ2n) is 6.89. The van der Waals surface area contributed by atoms with Crippen LogP contribution in [0.1, 0.15) is 11.1 Å². The molecule has 0 atom stereocenters. The molecule has 5 rings (SSSR count). The number of anilines is 2. The molecule has 0 unspecified atom stereocenters. The Labute approximate surface area is 168 Å². The van der Waals surface area contributed by atoms with Crippen molar-refractivity contribution in [2.24, 2.45) is 0 Å². The topological polar surface area (TPSA) is 88.3 Å². The van der Waals surface area contributed by atoms with Gasteiger partial charge in [-0.1, -0.05) is 18.2 Å². The number of aromatic nitrogens is 2. The number of benzene rings is 1. The van der Waals surface area contributed by atoms with Crippen molar-refractivity contribution in [3.05, 3.63) is 78.5 Å². The van der Waals surface area contributed by atoms with Gasteiger partial charge in [0.05, 0.1) is 23.7 Å². The number of hydrogen-bond donors (Lipinski definition) is 1. The summed E-state index contributed by atoms with van der Waals surface area (Å²) in [4.78, 5) is 9.13. The molecule has 0 fully saturated rings. The van der Waals surface area contributed by atoms with Crippen molar-refractivity contribution in [2.75, 3.05) is 11.9 Å². The summed E-state index contributed by atoms with van der Waals surface area (Å²) in [5.41, 5.74) is 3.74. The highest BCUT2D eigenvalue weighted by atomic mass is 32.2. The minimum atomic E-state index is -3.57. The molecule has 0 saturated heterocycles. The van der Waals surface area contributed by atoms with E-state index in [0.29, 0.717) is 19.5 Å². The first kappa shape index (κ1) is 17.8. The molecule has 8 heteroatoms. The zero-order chi connectivity index (χ0) is 19.8. The standard InChI is InChI=1S/C21H18N4O3S/c26-29(27,18-7-10-28-14-18)25-9-6-19-16(13-25)5-8-22-21(19)24-17-11-15-3-1-2-4-20(15)23-12-17/h1-5,7-8,10-12,14H,6,9,13H2,(H,22,24). The van der Waals surface area contributed by atoms with E-state index in [-0.39, 0.29) is 4.90 Å². The molecule has 0 aliphatic carbocycles. The number of rotatable bonds is 4. The lowest BCUT2D eigenvalue weighted by atomic mass is 10.0. The predicted octanol–water partition coefficient (Wildman–Crippen LogP) is 3.71. The fourth-order valence-corrected chi connectivity index (χ4v) is 4.95. The monoisotopic (exact) mass is 406 g/mol. The maximum atomic E-state index is 12.8. The van der Waals surface area contributed by atoms with Gasteiger partial charge in [0.2, 0.25) is 10.0 Å². The number of sulfonamides is 1. The second kappa shape index (κ2) is 6.98. The third-order valence-electron chi connectivity index (χ3n) is 5.10. The number of nitrogens with zero attached hydrogens (tertiary/aromatic N) is 3. The van der Waals surface area contributed by atoms with Crippen LogP contribution in [0.5, 0.6) is 0 Å². The Bertz CT molecular complexity index is 1290. The molecule has 4 heterocycles. The quantitative estimate of drug-likeness (QED) is 0.556. The highest BCUT2D eigenvalue weighted by molar-refractivity contribution is 7.89. The molecule has 0 radical (unpaired) electrons. The summed E-state index contributed by atoms with van der Waals surface area (Å²) >= 11 is 0. The van der Waals surface area contributed by atoms with Gasteiger partial charge in [-0.15, -0.1) is 0 Å². The normalized spacial score (nSPS) is 14.6. The number of fused-ring (bicyclic) bond motifs is 2. The fourth-order valence-electron chi connectivity index (χ4n) is 3.60. The van der Waals surface area contributed by atoms with Crippen molar-refractivity contribution in [3.63, 3.8) is 0 Å². The molecule has 1 aromatic carbocycles. The Morgan fingerprint density at radius 3 is 2.86 bits per heavy atom. The Hall–Kier alpha value is -3.23. The minimum absolute atomic E-state index is 0.176. The van der Waals surface area contributed by atoms with Crippen molar-refractivity contribution >= 4 is 32.4 Å². The molecule has 0 spiro atoms. The first-order valence-electron chi connectivity index (χ1n) is 9.22. The summed E-state index contributed by atoms with van der Waals surface area (Å²) in [5.74, 6) is 0.736. The van der Waals surface area contributed by atoms with E-state index in [1.54, 1.807) is 12.4 Å². The highest BCUT2D eigenvalue weighted by Gasteiger charge is 2.30. The fraction of sp³-hybridized carbons (Fsp3) is 0.143. The van der Waals surface area contributed by atoms with Crippen LogP contribution in [0.3, 0.4) is 0 Å². The van der Waals surface area contributed by atoms with Gasteiger partial charge in [0.25, 0.3) is 0 Å². The van der Waals surface area contributed by atoms with Crippen LogP contribution in [0.2, 0.25) is 0 Å². The molecule has 29 heavy (non-hydrogen) atoms. The van der Waals surface area contributed by atoms with Crippen LogP contribution in [0.25, 0.3) is 10.9 Å². The van der Waals surface area contributed by atoms with E-state index in [9.17, 15) is 8.42 Å². The van der Waals surface area contributed by atoms with Crippen molar-refractivity contribution in [2.45, 2.75) is 17.9 Å². The van der Waals surface area contributed by atoms with Crippen LogP contribution in [0.4, 0.5) is 11.5 Å². The van der Waals surface area contributed by atoms with Gasteiger partial charge < -0.3 is 9.73 Å². The van der Waals surface area contributed by atoms with Crippen LogP contribution >= 0.6 is 0 Å². The summed E-state index contributed by atoms with van der Waals surface area (Å²) in [6.07, 6.45) is 6.68. The molecule has 4 aromatic rings. The lowest BCUT2D eigenvalue weighted by Gasteiger charge is -2.28. The van der Waals surface area contributed by atoms with Crippen LogP contribution in [0, 0.1) is 0 Å². The summed E-state index contributed by atoms with van der Waals surface area (Å²) < 4.78 is 32.0. The molecule has 7 nitrogen and oxygen atoms in total. The molecular formula is C21H18N4O3S. The first-order chi connectivity index (χ1) is 14.1. The summed E-state index contributed by atoms with van der Waals surface area (Å²) in [7, 11) is -3.57. The van der Waals surface area contributed by atoms with Gasteiger partial charge in [0.15, 0.2) is 0 Å². The number of para-hydroxylation sites is 1. The van der Waals surface area contributed by atoms with Gasteiger partial charge in [-0.05, 0) is 36.2 Å². The van der Waals surface area contributed by atoms with E-state index in [2.05, 4.69) is 15.3 Å². The Kier molecular flexibility index (Phi) is 4.30. The maximum Gasteiger partial charge on any atom is 0.246 e. The van der Waals surface area contributed by atoms with E-state index in [1.165, 1.54) is 22.9 Å². The zero-order valence-electron chi connectivity index (χ0n) is 15.4. The molecule has 3 aromatic heterocycles. The van der Waals surface area contributed by atoms with Crippen LogP contribution in [-0.2, 0) is 23.0 Å². The Morgan fingerprint density at radius 2 is 2.00 bits per heavy atom. The second-order valence-corrected chi connectivity index (χ2v) is 8.82. The van der Waals surface area contributed by atoms with Gasteiger partial charge in [-0.2, -0.15) is 4.31 Å². The Balaban J connectivity index is 1.43. The van der Waals surface area contributed by atoms with Crippen molar-refractivity contribution in [3.8, 4) is 0 Å². The van der Waals surface area contributed by atoms with E-state index in [4.69, 9.17) is 4.42 Å². The summed E-state index contributed by atoms with van der Waals surface area (Å²) in [5, 5.41) is 4.39. The lowest BCUT2D eigenvalue weighted by Crippen LogP contribution is -2.36. The van der Waals surface area contributed by atoms with Crippen LogP contribution < -0.4 is 5.32 Å². The third-order valence-corrected chi connectivity index (χ3v) is 6.92. The van der Waals surface area contributed by atoms with Gasteiger partial charge in [-0.3, -0.25) is 4.98 Å².